The van der Waals surface area contributed by atoms with Crippen LogP contribution in [0.15, 0.2) is 79.0 Å². The second-order valence-electron chi connectivity index (χ2n) is 6.34. The minimum absolute atomic E-state index is 0.0773. The molecule has 0 aliphatic carbocycles. The van der Waals surface area contributed by atoms with Crippen LogP contribution in [0.4, 0.5) is 11.4 Å². The van der Waals surface area contributed by atoms with Gasteiger partial charge in [0.25, 0.3) is 11.4 Å². The van der Waals surface area contributed by atoms with Gasteiger partial charge >= 0.3 is 0 Å². The average molecular weight is 387 g/mol. The van der Waals surface area contributed by atoms with Gasteiger partial charge in [-0.25, -0.2) is 0 Å². The molecule has 4 aromatic rings. The van der Waals surface area contributed by atoms with Crippen molar-refractivity contribution in [3.63, 3.8) is 0 Å². The lowest BCUT2D eigenvalue weighted by Gasteiger charge is -2.07. The van der Waals surface area contributed by atoms with Gasteiger partial charge in [0.05, 0.1) is 9.85 Å². The Morgan fingerprint density at radius 1 is 0.793 bits per heavy atom. The van der Waals surface area contributed by atoms with E-state index >= 15 is 0 Å². The lowest BCUT2D eigenvalue weighted by atomic mass is 9.99. The summed E-state index contributed by atoms with van der Waals surface area (Å²) in [6, 6.07) is 18.6. The van der Waals surface area contributed by atoms with Crippen LogP contribution in [-0.2, 0) is 0 Å². The second kappa shape index (κ2) is 7.01. The summed E-state index contributed by atoms with van der Waals surface area (Å²) in [7, 11) is 0. The predicted molar refractivity (Wildman–Crippen MR) is 106 cm³/mol. The Labute approximate surface area is 163 Å². The molecule has 0 atom stereocenters. The van der Waals surface area contributed by atoms with Crippen molar-refractivity contribution in [3.05, 3.63) is 110 Å². The van der Waals surface area contributed by atoms with Crippen LogP contribution in [0.25, 0.3) is 16.6 Å². The molecule has 0 aliphatic rings. The van der Waals surface area contributed by atoms with E-state index in [1.165, 1.54) is 36.4 Å². The van der Waals surface area contributed by atoms with Crippen molar-refractivity contribution in [2.24, 2.45) is 0 Å². The number of aromatic nitrogens is 1. The first-order chi connectivity index (χ1) is 14.0. The molecule has 0 unspecified atom stereocenters. The maximum Gasteiger partial charge on any atom is 0.270 e. The average Bonchev–Trinajstić information content (AvgIpc) is 3.13. The fraction of sp³-hybridized carbons (Fsp3) is 0. The fourth-order valence-corrected chi connectivity index (χ4v) is 3.23. The highest BCUT2D eigenvalue weighted by Crippen LogP contribution is 2.32. The quantitative estimate of drug-likeness (QED) is 0.281. The van der Waals surface area contributed by atoms with Gasteiger partial charge in [0.15, 0.2) is 0 Å². The molecule has 142 valence electrons. The lowest BCUT2D eigenvalue weighted by molar-refractivity contribution is -0.385. The van der Waals surface area contributed by atoms with E-state index in [2.05, 4.69) is 0 Å². The van der Waals surface area contributed by atoms with Gasteiger partial charge in [-0.15, -0.1) is 0 Å². The number of non-ortho nitro benzene ring substituents is 2. The molecule has 8 heteroatoms. The van der Waals surface area contributed by atoms with Crippen molar-refractivity contribution in [2.45, 2.75) is 0 Å². The molecule has 2 aromatic carbocycles. The molecule has 0 amide bonds. The highest BCUT2D eigenvalue weighted by Gasteiger charge is 2.22. The Bertz CT molecular complexity index is 1280. The van der Waals surface area contributed by atoms with Gasteiger partial charge in [0, 0.05) is 47.1 Å². The van der Waals surface area contributed by atoms with Crippen molar-refractivity contribution >= 4 is 22.7 Å². The topological polar surface area (TPSA) is 108 Å². The summed E-state index contributed by atoms with van der Waals surface area (Å²) in [5.74, 6) is -0.340. The first-order valence-corrected chi connectivity index (χ1v) is 8.60. The first kappa shape index (κ1) is 18.1. The summed E-state index contributed by atoms with van der Waals surface area (Å²) in [5, 5.41) is 22.0. The number of nitrogens with zero attached hydrogens (tertiary/aromatic N) is 3. The Hall–Kier alpha value is -4.33. The number of benzene rings is 2. The molecule has 4 rings (SSSR count). The second-order valence-corrected chi connectivity index (χ2v) is 6.34. The summed E-state index contributed by atoms with van der Waals surface area (Å²) in [6.45, 7) is 0. The standard InChI is InChI=1S/C21H13N3O5/c25-21(14-7-9-16(10-8-14)23(26)27)20-19(13-17-5-1-2-11-22(17)20)15-4-3-6-18(12-15)24(28)29/h1-13H. The van der Waals surface area contributed by atoms with Gasteiger partial charge in [-0.2, -0.15) is 0 Å². The van der Waals surface area contributed by atoms with E-state index in [0.29, 0.717) is 16.8 Å². The number of fused-ring (bicyclic) bond motifs is 1. The number of hydrogen-bond donors (Lipinski definition) is 0. The summed E-state index contributed by atoms with van der Waals surface area (Å²) < 4.78 is 1.71. The van der Waals surface area contributed by atoms with E-state index in [9.17, 15) is 25.0 Å². The van der Waals surface area contributed by atoms with Gasteiger partial charge in [-0.1, -0.05) is 18.2 Å². The molecule has 0 saturated heterocycles. The minimum atomic E-state index is -0.532. The smallest absolute Gasteiger partial charge is 0.270 e. The Kier molecular flexibility index (Phi) is 4.36. The van der Waals surface area contributed by atoms with E-state index in [-0.39, 0.29) is 22.7 Å². The predicted octanol–water partition coefficient (Wildman–Crippen LogP) is 4.65. The molecular formula is C21H13N3O5. The molecule has 0 aliphatic heterocycles. The third-order valence-electron chi connectivity index (χ3n) is 4.60. The molecule has 2 heterocycles. The van der Waals surface area contributed by atoms with Crippen LogP contribution >= 0.6 is 0 Å². The van der Waals surface area contributed by atoms with E-state index in [1.54, 1.807) is 34.9 Å². The number of pyridine rings is 1. The highest BCUT2D eigenvalue weighted by molar-refractivity contribution is 6.13. The van der Waals surface area contributed by atoms with Crippen molar-refractivity contribution in [2.75, 3.05) is 0 Å². The van der Waals surface area contributed by atoms with Crippen LogP contribution in [0, 0.1) is 20.2 Å². The van der Waals surface area contributed by atoms with Crippen molar-refractivity contribution in [1.82, 2.24) is 4.40 Å². The number of ketones is 1. The Balaban J connectivity index is 1.90. The molecule has 0 radical (unpaired) electrons. The number of carbonyl (C=O) groups excluding carboxylic acids is 1. The number of rotatable bonds is 5. The van der Waals surface area contributed by atoms with Crippen LogP contribution in [0.3, 0.4) is 0 Å². The Morgan fingerprint density at radius 3 is 2.21 bits per heavy atom. The normalized spacial score (nSPS) is 10.8. The van der Waals surface area contributed by atoms with Crippen LogP contribution in [-0.4, -0.2) is 20.0 Å². The molecule has 2 aromatic heterocycles. The van der Waals surface area contributed by atoms with E-state index in [4.69, 9.17) is 0 Å². The summed E-state index contributed by atoms with van der Waals surface area (Å²) in [4.78, 5) is 34.3. The number of nitro benzene ring substituents is 2. The van der Waals surface area contributed by atoms with E-state index in [1.807, 2.05) is 12.1 Å². The van der Waals surface area contributed by atoms with Crippen LogP contribution in [0.2, 0.25) is 0 Å². The maximum absolute atomic E-state index is 13.3. The van der Waals surface area contributed by atoms with Crippen LogP contribution < -0.4 is 0 Å². The van der Waals surface area contributed by atoms with Crippen molar-refractivity contribution in [1.29, 1.82) is 0 Å². The number of carbonyl (C=O) groups is 1. The van der Waals surface area contributed by atoms with Crippen molar-refractivity contribution < 1.29 is 14.6 Å². The third-order valence-corrected chi connectivity index (χ3v) is 4.60. The summed E-state index contributed by atoms with van der Waals surface area (Å²) >= 11 is 0. The SMILES string of the molecule is O=C(c1ccc([N+](=O)[O-])cc1)c1c(-c2cccc([N+](=O)[O-])c2)cc2ccccn12. The van der Waals surface area contributed by atoms with Crippen LogP contribution in [0.5, 0.6) is 0 Å². The molecule has 0 spiro atoms. The molecule has 0 N–H and O–H groups in total. The van der Waals surface area contributed by atoms with E-state index in [0.717, 1.165) is 5.52 Å². The van der Waals surface area contributed by atoms with Crippen LogP contribution in [0.1, 0.15) is 16.1 Å². The maximum atomic E-state index is 13.3. The minimum Gasteiger partial charge on any atom is -0.313 e. The van der Waals surface area contributed by atoms with Gasteiger partial charge < -0.3 is 4.40 Å². The zero-order chi connectivity index (χ0) is 20.5. The monoisotopic (exact) mass is 387 g/mol. The molecule has 29 heavy (non-hydrogen) atoms. The molecule has 0 bridgehead atoms. The zero-order valence-corrected chi connectivity index (χ0v) is 14.9. The zero-order valence-electron chi connectivity index (χ0n) is 14.9. The molecular weight excluding hydrogens is 374 g/mol. The molecule has 8 nitrogen and oxygen atoms in total. The third kappa shape index (κ3) is 3.23. The highest BCUT2D eigenvalue weighted by atomic mass is 16.6. The Morgan fingerprint density at radius 2 is 1.52 bits per heavy atom. The van der Waals surface area contributed by atoms with Gasteiger partial charge in [0.1, 0.15) is 5.69 Å². The number of nitro groups is 2. The number of hydrogen-bond acceptors (Lipinski definition) is 5. The first-order valence-electron chi connectivity index (χ1n) is 8.60. The largest absolute Gasteiger partial charge is 0.313 e. The van der Waals surface area contributed by atoms with Gasteiger partial charge in [-0.05, 0) is 35.9 Å². The molecule has 0 fully saturated rings. The van der Waals surface area contributed by atoms with Crippen molar-refractivity contribution in [3.8, 4) is 11.1 Å². The lowest BCUT2D eigenvalue weighted by Crippen LogP contribution is -2.07. The van der Waals surface area contributed by atoms with E-state index < -0.39 is 9.85 Å². The molecule has 0 saturated carbocycles. The fourth-order valence-electron chi connectivity index (χ4n) is 3.23. The summed E-state index contributed by atoms with van der Waals surface area (Å²) in [5.41, 5.74) is 2.25. The summed E-state index contributed by atoms with van der Waals surface area (Å²) in [6.07, 6.45) is 1.73. The van der Waals surface area contributed by atoms with Gasteiger partial charge in [-0.3, -0.25) is 25.0 Å². The van der Waals surface area contributed by atoms with Gasteiger partial charge in [0.2, 0.25) is 5.78 Å².